The second-order valence-electron chi connectivity index (χ2n) is 2.26. The third-order valence-electron chi connectivity index (χ3n) is 1.59. The Kier molecular flexibility index (Phi) is 2.56. The van der Waals surface area contributed by atoms with Gasteiger partial charge in [0.1, 0.15) is 12.2 Å². The molecule has 4 nitrogen and oxygen atoms in total. The minimum absolute atomic E-state index is 0.0883. The van der Waals surface area contributed by atoms with Crippen molar-refractivity contribution in [2.75, 3.05) is 6.61 Å². The van der Waals surface area contributed by atoms with E-state index < -0.39 is 25.1 Å². The van der Waals surface area contributed by atoms with E-state index in [9.17, 15) is 4.39 Å². The summed E-state index contributed by atoms with van der Waals surface area (Å²) in [6, 6.07) is 0. The molecule has 0 aliphatic carbocycles. The van der Waals surface area contributed by atoms with Gasteiger partial charge in [0.05, 0.1) is 12.9 Å². The maximum Gasteiger partial charge on any atom is 0.182 e. The van der Waals surface area contributed by atoms with Crippen LogP contribution >= 0.6 is 0 Å². The van der Waals surface area contributed by atoms with Gasteiger partial charge < -0.3 is 20.1 Å². The summed E-state index contributed by atoms with van der Waals surface area (Å²) in [4.78, 5) is 0. The summed E-state index contributed by atoms with van der Waals surface area (Å²) >= 11 is 0. The Labute approximate surface area is 62.5 Å². The fourth-order valence-electron chi connectivity index (χ4n) is 0.941. The van der Waals surface area contributed by atoms with E-state index in [2.05, 4.69) is 4.74 Å². The summed E-state index contributed by atoms with van der Waals surface area (Å²) in [7, 11) is 0. The molecular weight excluding hydrogens is 155 g/mol. The van der Waals surface area contributed by atoms with Crippen molar-refractivity contribution in [2.45, 2.75) is 18.5 Å². The lowest BCUT2D eigenvalue weighted by Gasteiger charge is -2.07. The molecule has 0 amide bonds. The molecule has 1 aliphatic heterocycles. The van der Waals surface area contributed by atoms with E-state index in [0.29, 0.717) is 0 Å². The average Bonchev–Trinajstić information content (AvgIpc) is 2.26. The molecule has 2 unspecified atom stereocenters. The summed E-state index contributed by atoms with van der Waals surface area (Å²) in [5.74, 6) is 0. The van der Waals surface area contributed by atoms with E-state index in [1.807, 2.05) is 0 Å². The largest absolute Gasteiger partial charge is 0.394 e. The second-order valence-corrected chi connectivity index (χ2v) is 2.26. The molecule has 0 aromatic heterocycles. The third-order valence-corrected chi connectivity index (χ3v) is 1.59. The maximum atomic E-state index is 11.9. The van der Waals surface area contributed by atoms with Crippen molar-refractivity contribution >= 4 is 0 Å². The lowest BCUT2D eigenvalue weighted by Crippen LogP contribution is -2.25. The minimum atomic E-state index is -1.44. The molecule has 3 N–H and O–H groups in total. The van der Waals surface area contributed by atoms with Gasteiger partial charge in [-0.25, -0.2) is 4.39 Å². The van der Waals surface area contributed by atoms with E-state index >= 15 is 0 Å². The van der Waals surface area contributed by atoms with Crippen LogP contribution in [0.2, 0.25) is 0 Å². The van der Waals surface area contributed by atoms with E-state index in [-0.39, 0.29) is 11.9 Å². The number of rotatable bonds is 1. The van der Waals surface area contributed by atoms with Crippen molar-refractivity contribution in [3.05, 3.63) is 11.9 Å². The molecule has 1 aliphatic rings. The topological polar surface area (TPSA) is 69.9 Å². The highest BCUT2D eigenvalue weighted by Crippen LogP contribution is 2.24. The number of hydrogen-bond acceptors (Lipinski definition) is 4. The fourth-order valence-corrected chi connectivity index (χ4v) is 0.941. The van der Waals surface area contributed by atoms with Crippen LogP contribution in [-0.4, -0.2) is 40.4 Å². The molecule has 1 saturated heterocycles. The Hall–Kier alpha value is -0.490. The summed E-state index contributed by atoms with van der Waals surface area (Å²) in [6.07, 6.45) is -3.52. The Balaban J connectivity index is 2.71. The Bertz CT molecular complexity index is 170. The molecule has 0 spiro atoms. The number of ether oxygens (including phenoxy) is 1. The molecule has 0 saturated carbocycles. The van der Waals surface area contributed by atoms with Gasteiger partial charge in [0.2, 0.25) is 0 Å². The van der Waals surface area contributed by atoms with Gasteiger partial charge in [0.25, 0.3) is 0 Å². The van der Waals surface area contributed by atoms with Crippen LogP contribution in [0, 0.1) is 0 Å². The molecule has 11 heavy (non-hydrogen) atoms. The van der Waals surface area contributed by atoms with Crippen molar-refractivity contribution in [1.82, 2.24) is 0 Å². The molecule has 1 heterocycles. The van der Waals surface area contributed by atoms with Crippen LogP contribution in [0.25, 0.3) is 0 Å². The first-order valence-electron chi connectivity index (χ1n) is 3.13. The first-order valence-corrected chi connectivity index (χ1v) is 3.13. The molecular formula is C6H9FO4. The number of aliphatic hydroxyl groups is 3. The zero-order valence-electron chi connectivity index (χ0n) is 5.64. The Morgan fingerprint density at radius 2 is 2.18 bits per heavy atom. The number of aliphatic hydroxyl groups excluding tert-OH is 3. The van der Waals surface area contributed by atoms with Gasteiger partial charge in [-0.05, 0) is 0 Å². The standard InChI is InChI=1S/C6H9FO4/c7-1-3-5(9)4(2-8)11-6(3)10/h1,4-6,8-10H,2H2/b3-1+/t4?,5-,6?/m0/s1. The summed E-state index contributed by atoms with van der Waals surface area (Å²) in [5.41, 5.74) is -0.246. The highest BCUT2D eigenvalue weighted by Gasteiger charge is 2.37. The van der Waals surface area contributed by atoms with Crippen LogP contribution in [0.1, 0.15) is 0 Å². The molecule has 0 bridgehead atoms. The van der Waals surface area contributed by atoms with Gasteiger partial charge in [-0.15, -0.1) is 0 Å². The van der Waals surface area contributed by atoms with Crippen molar-refractivity contribution < 1.29 is 24.4 Å². The van der Waals surface area contributed by atoms with Gasteiger partial charge in [-0.1, -0.05) is 0 Å². The molecule has 64 valence electrons. The predicted molar refractivity (Wildman–Crippen MR) is 33.2 cm³/mol. The zero-order valence-corrected chi connectivity index (χ0v) is 5.64. The van der Waals surface area contributed by atoms with Crippen LogP contribution in [0.4, 0.5) is 4.39 Å². The normalized spacial score (nSPS) is 41.8. The van der Waals surface area contributed by atoms with Gasteiger partial charge >= 0.3 is 0 Å². The fraction of sp³-hybridized carbons (Fsp3) is 0.667. The second kappa shape index (κ2) is 3.27. The predicted octanol–water partition coefficient (Wildman–Crippen LogP) is -1.09. The third kappa shape index (κ3) is 1.41. The van der Waals surface area contributed by atoms with Crippen molar-refractivity contribution in [2.24, 2.45) is 0 Å². The molecule has 5 heteroatoms. The smallest absolute Gasteiger partial charge is 0.182 e. The number of hydrogen-bond donors (Lipinski definition) is 3. The van der Waals surface area contributed by atoms with Gasteiger partial charge in [0.15, 0.2) is 6.29 Å². The summed E-state index contributed by atoms with van der Waals surface area (Å²) < 4.78 is 16.4. The molecule has 0 radical (unpaired) electrons. The molecule has 3 atom stereocenters. The van der Waals surface area contributed by atoms with Gasteiger partial charge in [-0.2, -0.15) is 0 Å². The van der Waals surface area contributed by atoms with Crippen LogP contribution in [-0.2, 0) is 4.74 Å². The SMILES string of the molecule is OCC1OC(O)/C(=C/F)[C@@H]1O. The first-order chi connectivity index (χ1) is 5.20. The first kappa shape index (κ1) is 8.61. The maximum absolute atomic E-state index is 11.9. The summed E-state index contributed by atoms with van der Waals surface area (Å²) in [5, 5.41) is 26.4. The molecule has 1 rings (SSSR count). The average molecular weight is 164 g/mol. The number of halogens is 1. The highest BCUT2D eigenvalue weighted by atomic mass is 19.1. The van der Waals surface area contributed by atoms with E-state index in [4.69, 9.17) is 15.3 Å². The van der Waals surface area contributed by atoms with Crippen LogP contribution in [0.5, 0.6) is 0 Å². The highest BCUT2D eigenvalue weighted by molar-refractivity contribution is 5.14. The van der Waals surface area contributed by atoms with E-state index in [1.54, 1.807) is 0 Å². The zero-order chi connectivity index (χ0) is 8.43. The Morgan fingerprint density at radius 3 is 2.45 bits per heavy atom. The van der Waals surface area contributed by atoms with Crippen LogP contribution in [0.15, 0.2) is 11.9 Å². The van der Waals surface area contributed by atoms with Gasteiger partial charge in [0, 0.05) is 5.57 Å². The minimum Gasteiger partial charge on any atom is -0.394 e. The Morgan fingerprint density at radius 1 is 1.55 bits per heavy atom. The van der Waals surface area contributed by atoms with E-state index in [0.717, 1.165) is 0 Å². The summed E-state index contributed by atoms with van der Waals surface area (Å²) in [6.45, 7) is -0.449. The lowest BCUT2D eigenvalue weighted by molar-refractivity contribution is -0.100. The van der Waals surface area contributed by atoms with E-state index in [1.165, 1.54) is 0 Å². The quantitative estimate of drug-likeness (QED) is 0.460. The van der Waals surface area contributed by atoms with Gasteiger partial charge in [-0.3, -0.25) is 0 Å². The van der Waals surface area contributed by atoms with Crippen molar-refractivity contribution in [1.29, 1.82) is 0 Å². The van der Waals surface area contributed by atoms with Crippen molar-refractivity contribution in [3.63, 3.8) is 0 Å². The molecule has 0 aromatic carbocycles. The molecule has 0 aromatic rings. The van der Waals surface area contributed by atoms with Crippen molar-refractivity contribution in [3.8, 4) is 0 Å². The molecule has 1 fully saturated rings. The van der Waals surface area contributed by atoms with Crippen LogP contribution < -0.4 is 0 Å². The van der Waals surface area contributed by atoms with Crippen LogP contribution in [0.3, 0.4) is 0 Å². The monoisotopic (exact) mass is 164 g/mol. The lowest BCUT2D eigenvalue weighted by atomic mass is 10.1.